The van der Waals surface area contributed by atoms with Crippen molar-refractivity contribution in [2.75, 3.05) is 0 Å². The third-order valence-corrected chi connectivity index (χ3v) is 0.486. The Labute approximate surface area is 33.8 Å². The van der Waals surface area contributed by atoms with Crippen molar-refractivity contribution in [2.24, 2.45) is 0 Å². The molecule has 5 heteroatoms. The summed E-state index contributed by atoms with van der Waals surface area (Å²) in [5.41, 5.74) is 0. The average Bonchev–Trinajstić information content (AvgIpc) is 1.35. The molecule has 0 unspecified atom stereocenters. The molecular formula is CH3F2N2P. The number of nitrogens with one attached hydrogen (secondary N) is 2. The third kappa shape index (κ3) is 3.76. The summed E-state index contributed by atoms with van der Waals surface area (Å²) in [5.74, 6) is -0.118. The minimum atomic E-state index is -4.60. The van der Waals surface area contributed by atoms with E-state index in [1.165, 1.54) is 0 Å². The molecule has 36 valence electrons. The van der Waals surface area contributed by atoms with Crippen LogP contribution in [0.4, 0.5) is 8.39 Å². The van der Waals surface area contributed by atoms with Crippen molar-refractivity contribution >= 4 is 13.6 Å². The lowest BCUT2D eigenvalue weighted by molar-refractivity contribution is 0.741. The highest BCUT2D eigenvalue weighted by atomic mass is 31.2. The van der Waals surface area contributed by atoms with E-state index in [1.807, 2.05) is 0 Å². The second kappa shape index (κ2) is 1.47. The van der Waals surface area contributed by atoms with Gasteiger partial charge in [-0.3, -0.25) is 5.16 Å². The van der Waals surface area contributed by atoms with Gasteiger partial charge >= 0.3 is 7.68 Å². The van der Waals surface area contributed by atoms with Crippen molar-refractivity contribution in [3.8, 4) is 0 Å². The Hall–Kier alpha value is -0.240. The first-order valence-corrected chi connectivity index (χ1v) is 2.75. The summed E-state index contributed by atoms with van der Waals surface area (Å²) in [5, 5.41) is 11.6. The van der Waals surface area contributed by atoms with Gasteiger partial charge in [-0.1, -0.05) is 0 Å². The van der Waals surface area contributed by atoms with Gasteiger partial charge in [-0.2, -0.15) is 8.39 Å². The van der Waals surface area contributed by atoms with Gasteiger partial charge in [0.25, 0.3) is 0 Å². The van der Waals surface area contributed by atoms with E-state index in [1.54, 1.807) is 0 Å². The standard InChI is InChI=1S/CH3F2N2P/c2-6(3,5)1-4/h1,4-5H. The minimum absolute atomic E-state index is 0.118. The zero-order valence-electron chi connectivity index (χ0n) is 2.78. The predicted octanol–water partition coefficient (Wildman–Crippen LogP) is 2.14. The number of halogens is 2. The molecule has 0 amide bonds. The number of hydrogen-bond acceptors (Lipinski definition) is 2. The molecule has 0 atom stereocenters. The average molecular weight is 112 g/mol. The molecule has 0 heterocycles. The van der Waals surface area contributed by atoms with E-state index in [2.05, 4.69) is 0 Å². The van der Waals surface area contributed by atoms with E-state index in [0.29, 0.717) is 0 Å². The molecule has 0 aliphatic rings. The normalized spacial score (nSPS) is 11.0. The molecule has 0 spiro atoms. The molecule has 0 bridgehead atoms. The molecule has 0 rings (SSSR count). The number of rotatable bonds is 1. The summed E-state index contributed by atoms with van der Waals surface area (Å²) in [6.07, 6.45) is 0. The first kappa shape index (κ1) is 5.76. The third-order valence-electron chi connectivity index (χ3n) is 0.162. The molecule has 0 saturated heterocycles. The van der Waals surface area contributed by atoms with Crippen LogP contribution in [0.3, 0.4) is 0 Å². The molecule has 0 aromatic rings. The van der Waals surface area contributed by atoms with Gasteiger partial charge in [0, 0.05) is 0 Å². The fourth-order valence-corrected chi connectivity index (χ4v) is 0. The summed E-state index contributed by atoms with van der Waals surface area (Å²) in [6.45, 7) is 0. The lowest BCUT2D eigenvalue weighted by Gasteiger charge is -1.82. The second-order valence-electron chi connectivity index (χ2n) is 0.686. The van der Waals surface area contributed by atoms with Crippen molar-refractivity contribution < 1.29 is 8.39 Å². The summed E-state index contributed by atoms with van der Waals surface area (Å²) in [7, 11) is -4.60. The maximum atomic E-state index is 11.0. The molecule has 0 fully saturated rings. The summed E-state index contributed by atoms with van der Waals surface area (Å²) < 4.78 is 22.0. The summed E-state index contributed by atoms with van der Waals surface area (Å²) in [4.78, 5) is 0. The molecule has 6 heavy (non-hydrogen) atoms. The van der Waals surface area contributed by atoms with E-state index in [9.17, 15) is 8.39 Å². The molecule has 0 aliphatic carbocycles. The van der Waals surface area contributed by atoms with E-state index in [-0.39, 0.29) is 5.96 Å². The van der Waals surface area contributed by atoms with Crippen molar-refractivity contribution in [1.29, 1.82) is 10.6 Å². The Balaban J connectivity index is 3.81. The van der Waals surface area contributed by atoms with Crippen molar-refractivity contribution in [3.63, 3.8) is 0 Å². The van der Waals surface area contributed by atoms with Gasteiger partial charge in [0.2, 0.25) is 0 Å². The van der Waals surface area contributed by atoms with Crippen molar-refractivity contribution in [1.82, 2.24) is 0 Å². The fraction of sp³-hybridized carbons (Fsp3) is 0. The zero-order valence-corrected chi connectivity index (χ0v) is 3.67. The molecule has 0 aromatic heterocycles. The highest BCUT2D eigenvalue weighted by Crippen LogP contribution is 2.45. The smallest absolute Gasteiger partial charge is 0.302 e. The van der Waals surface area contributed by atoms with Gasteiger partial charge in [-0.25, -0.2) is 0 Å². The predicted molar refractivity (Wildman–Crippen MR) is 20.6 cm³/mol. The van der Waals surface area contributed by atoms with Gasteiger partial charge in [0.15, 0.2) is 0 Å². The minimum Gasteiger partial charge on any atom is -0.302 e. The van der Waals surface area contributed by atoms with Gasteiger partial charge in [0.1, 0.15) is 0 Å². The first-order chi connectivity index (χ1) is 2.56. The Bertz CT molecular complexity index is 93.7. The second-order valence-corrected chi connectivity index (χ2v) is 2.06. The van der Waals surface area contributed by atoms with Crippen LogP contribution in [0.2, 0.25) is 0 Å². The van der Waals surface area contributed by atoms with Crippen LogP contribution < -0.4 is 0 Å². The van der Waals surface area contributed by atoms with Crippen LogP contribution in [0, 0.1) is 10.6 Å². The summed E-state index contributed by atoms with van der Waals surface area (Å²) >= 11 is 0. The van der Waals surface area contributed by atoms with Crippen molar-refractivity contribution in [2.45, 2.75) is 0 Å². The van der Waals surface area contributed by atoms with E-state index < -0.39 is 7.68 Å². The van der Waals surface area contributed by atoms with Crippen LogP contribution in [0.5, 0.6) is 0 Å². The quantitative estimate of drug-likeness (QED) is 0.385. The van der Waals surface area contributed by atoms with Crippen molar-refractivity contribution in [3.05, 3.63) is 0 Å². The monoisotopic (exact) mass is 112 g/mol. The highest BCUT2D eigenvalue weighted by Gasteiger charge is 2.04. The van der Waals surface area contributed by atoms with Crippen LogP contribution in [0.25, 0.3) is 0 Å². The SMILES string of the molecule is N=CP(=N)(F)F. The highest BCUT2D eigenvalue weighted by molar-refractivity contribution is 7.69. The maximum Gasteiger partial charge on any atom is 0.329 e. The molecular weight excluding hydrogens is 109 g/mol. The Morgan fingerprint density at radius 3 is 1.67 bits per heavy atom. The van der Waals surface area contributed by atoms with Crippen LogP contribution in [-0.4, -0.2) is 5.96 Å². The zero-order chi connectivity index (χ0) is 5.21. The van der Waals surface area contributed by atoms with Gasteiger partial charge in [-0.05, 0) is 0 Å². The Morgan fingerprint density at radius 2 is 1.67 bits per heavy atom. The molecule has 2 nitrogen and oxygen atoms in total. The van der Waals surface area contributed by atoms with E-state index in [0.717, 1.165) is 0 Å². The van der Waals surface area contributed by atoms with Crippen LogP contribution >= 0.6 is 7.68 Å². The van der Waals surface area contributed by atoms with Crippen LogP contribution in [0.1, 0.15) is 0 Å². The lowest BCUT2D eigenvalue weighted by Crippen LogP contribution is -1.53. The molecule has 0 saturated carbocycles. The Kier molecular flexibility index (Phi) is 1.41. The van der Waals surface area contributed by atoms with Crippen LogP contribution in [0.15, 0.2) is 0 Å². The number of hydrogen-bond donors (Lipinski definition) is 2. The van der Waals surface area contributed by atoms with Gasteiger partial charge in [-0.15, -0.1) is 0 Å². The summed E-state index contributed by atoms with van der Waals surface area (Å²) in [6, 6.07) is 0. The molecule has 0 aliphatic heterocycles. The van der Waals surface area contributed by atoms with Gasteiger partial charge in [0.05, 0.1) is 5.96 Å². The largest absolute Gasteiger partial charge is 0.329 e. The fourth-order valence-electron chi connectivity index (χ4n) is 0. The topological polar surface area (TPSA) is 47.7 Å². The maximum absolute atomic E-state index is 11.0. The molecule has 2 N–H and O–H groups in total. The van der Waals surface area contributed by atoms with Gasteiger partial charge < -0.3 is 5.41 Å². The Morgan fingerprint density at radius 1 is 1.50 bits per heavy atom. The lowest BCUT2D eigenvalue weighted by atomic mass is 11.7. The first-order valence-electron chi connectivity index (χ1n) is 1.11. The molecule has 0 radical (unpaired) electrons. The van der Waals surface area contributed by atoms with Crippen LogP contribution in [-0.2, 0) is 0 Å². The van der Waals surface area contributed by atoms with E-state index >= 15 is 0 Å². The van der Waals surface area contributed by atoms with E-state index in [4.69, 9.17) is 10.6 Å². The molecule has 0 aromatic carbocycles.